The van der Waals surface area contributed by atoms with Crippen molar-refractivity contribution in [1.82, 2.24) is 0 Å². The first-order valence-electron chi connectivity index (χ1n) is 6.96. The van der Waals surface area contributed by atoms with Crippen LogP contribution in [0.25, 0.3) is 0 Å². The average molecular weight is 273 g/mol. The highest BCUT2D eigenvalue weighted by Crippen LogP contribution is 2.37. The number of rotatable bonds is 2. The predicted octanol–water partition coefficient (Wildman–Crippen LogP) is 3.54. The lowest BCUT2D eigenvalue weighted by molar-refractivity contribution is 0.601. The van der Waals surface area contributed by atoms with Crippen LogP contribution in [0.3, 0.4) is 0 Å². The zero-order chi connectivity index (χ0) is 14.1. The number of hydrogen-bond acceptors (Lipinski definition) is 1. The Morgan fingerprint density at radius 2 is 1.90 bits per heavy atom. The van der Waals surface area contributed by atoms with Crippen LogP contribution < -0.4 is 5.73 Å². The van der Waals surface area contributed by atoms with Gasteiger partial charge in [0.2, 0.25) is 0 Å². The molecule has 2 aromatic rings. The fraction of sp³-hybridized carbons (Fsp3) is 0.294. The summed E-state index contributed by atoms with van der Waals surface area (Å²) in [6.45, 7) is 0.497. The molecule has 3 rings (SSSR count). The molecule has 2 aromatic carbocycles. The lowest BCUT2D eigenvalue weighted by Gasteiger charge is -2.20. The van der Waals surface area contributed by atoms with Gasteiger partial charge in [-0.3, -0.25) is 0 Å². The van der Waals surface area contributed by atoms with E-state index in [9.17, 15) is 8.78 Å². The summed E-state index contributed by atoms with van der Waals surface area (Å²) in [5, 5.41) is 0. The molecule has 0 amide bonds. The van der Waals surface area contributed by atoms with E-state index in [1.54, 1.807) is 12.1 Å². The molecule has 0 radical (unpaired) electrons. The summed E-state index contributed by atoms with van der Waals surface area (Å²) in [5.74, 6) is -0.428. The highest BCUT2D eigenvalue weighted by atomic mass is 19.1. The smallest absolute Gasteiger partial charge is 0.126 e. The first kappa shape index (κ1) is 13.3. The predicted molar refractivity (Wildman–Crippen MR) is 75.7 cm³/mol. The van der Waals surface area contributed by atoms with Crippen molar-refractivity contribution in [3.05, 3.63) is 70.3 Å². The normalized spacial score (nSPS) is 17.2. The average Bonchev–Trinajstić information content (AvgIpc) is 2.58. The Morgan fingerprint density at radius 1 is 1.05 bits per heavy atom. The maximum absolute atomic E-state index is 14.1. The SMILES string of the molecule is NCCC1c2cc(F)ccc2CCc2c(F)cccc21. The van der Waals surface area contributed by atoms with Gasteiger partial charge < -0.3 is 5.73 Å². The van der Waals surface area contributed by atoms with Crippen LogP contribution in [-0.2, 0) is 12.8 Å². The van der Waals surface area contributed by atoms with Crippen molar-refractivity contribution in [2.75, 3.05) is 6.54 Å². The molecule has 0 aromatic heterocycles. The highest BCUT2D eigenvalue weighted by Gasteiger charge is 2.25. The maximum Gasteiger partial charge on any atom is 0.126 e. The van der Waals surface area contributed by atoms with Gasteiger partial charge in [-0.2, -0.15) is 0 Å². The van der Waals surface area contributed by atoms with E-state index in [0.29, 0.717) is 19.4 Å². The Morgan fingerprint density at radius 3 is 2.70 bits per heavy atom. The van der Waals surface area contributed by atoms with Crippen molar-refractivity contribution in [2.24, 2.45) is 5.73 Å². The summed E-state index contributed by atoms with van der Waals surface area (Å²) in [5.41, 5.74) is 9.48. The monoisotopic (exact) mass is 273 g/mol. The van der Waals surface area contributed by atoms with Crippen molar-refractivity contribution in [3.8, 4) is 0 Å². The molecular weight excluding hydrogens is 256 g/mol. The van der Waals surface area contributed by atoms with Gasteiger partial charge in [0, 0.05) is 5.92 Å². The zero-order valence-electron chi connectivity index (χ0n) is 11.2. The van der Waals surface area contributed by atoms with E-state index in [1.165, 1.54) is 12.1 Å². The summed E-state index contributed by atoms with van der Waals surface area (Å²) in [4.78, 5) is 0. The fourth-order valence-electron chi connectivity index (χ4n) is 3.19. The van der Waals surface area contributed by atoms with E-state index < -0.39 is 0 Å². The first-order valence-corrected chi connectivity index (χ1v) is 6.96. The summed E-state index contributed by atoms with van der Waals surface area (Å²) in [6, 6.07) is 10.0. The summed E-state index contributed by atoms with van der Waals surface area (Å²) >= 11 is 0. The minimum atomic E-state index is -0.245. The molecule has 0 bridgehead atoms. The van der Waals surface area contributed by atoms with Gasteiger partial charge in [-0.1, -0.05) is 18.2 Å². The van der Waals surface area contributed by atoms with E-state index in [0.717, 1.165) is 28.7 Å². The summed E-state index contributed by atoms with van der Waals surface area (Å²) in [6.07, 6.45) is 2.10. The summed E-state index contributed by atoms with van der Waals surface area (Å²) in [7, 11) is 0. The number of nitrogens with two attached hydrogens (primary N) is 1. The van der Waals surface area contributed by atoms with Gasteiger partial charge in [0.1, 0.15) is 11.6 Å². The molecule has 2 N–H and O–H groups in total. The van der Waals surface area contributed by atoms with Crippen molar-refractivity contribution in [3.63, 3.8) is 0 Å². The Hall–Kier alpha value is -1.74. The van der Waals surface area contributed by atoms with Gasteiger partial charge in [-0.15, -0.1) is 0 Å². The molecule has 1 atom stereocenters. The molecule has 0 fully saturated rings. The second-order valence-electron chi connectivity index (χ2n) is 5.28. The number of fused-ring (bicyclic) bond motifs is 2. The van der Waals surface area contributed by atoms with Crippen LogP contribution in [-0.4, -0.2) is 6.54 Å². The Labute approximate surface area is 117 Å². The van der Waals surface area contributed by atoms with Crippen LogP contribution in [0.4, 0.5) is 8.78 Å². The van der Waals surface area contributed by atoms with Gasteiger partial charge in [0.25, 0.3) is 0 Å². The Balaban J connectivity index is 2.19. The lowest BCUT2D eigenvalue weighted by atomic mass is 9.85. The molecule has 0 saturated heterocycles. The zero-order valence-corrected chi connectivity index (χ0v) is 11.2. The second-order valence-corrected chi connectivity index (χ2v) is 5.28. The van der Waals surface area contributed by atoms with Crippen molar-refractivity contribution >= 4 is 0 Å². The van der Waals surface area contributed by atoms with E-state index in [-0.39, 0.29) is 17.6 Å². The van der Waals surface area contributed by atoms with Crippen LogP contribution in [0.1, 0.15) is 34.6 Å². The van der Waals surface area contributed by atoms with E-state index >= 15 is 0 Å². The van der Waals surface area contributed by atoms with Crippen molar-refractivity contribution in [1.29, 1.82) is 0 Å². The third kappa shape index (κ3) is 2.22. The van der Waals surface area contributed by atoms with E-state index in [2.05, 4.69) is 0 Å². The van der Waals surface area contributed by atoms with Gasteiger partial charge in [0.05, 0.1) is 0 Å². The second kappa shape index (κ2) is 5.33. The molecule has 0 aliphatic heterocycles. The number of halogens is 2. The lowest BCUT2D eigenvalue weighted by Crippen LogP contribution is -2.11. The molecule has 1 nitrogen and oxygen atoms in total. The number of hydrogen-bond donors (Lipinski definition) is 1. The molecule has 0 saturated carbocycles. The van der Waals surface area contributed by atoms with Crippen LogP contribution in [0.2, 0.25) is 0 Å². The van der Waals surface area contributed by atoms with E-state index in [1.807, 2.05) is 12.1 Å². The fourth-order valence-corrected chi connectivity index (χ4v) is 3.19. The molecule has 104 valence electrons. The van der Waals surface area contributed by atoms with Crippen molar-refractivity contribution in [2.45, 2.75) is 25.2 Å². The number of aryl methyl sites for hydroxylation is 1. The topological polar surface area (TPSA) is 26.0 Å². The third-order valence-electron chi connectivity index (χ3n) is 4.11. The van der Waals surface area contributed by atoms with E-state index in [4.69, 9.17) is 5.73 Å². The van der Waals surface area contributed by atoms with Crippen LogP contribution >= 0.6 is 0 Å². The molecule has 0 heterocycles. The quantitative estimate of drug-likeness (QED) is 0.889. The maximum atomic E-state index is 14.1. The highest BCUT2D eigenvalue weighted by molar-refractivity contribution is 5.45. The minimum Gasteiger partial charge on any atom is -0.330 e. The van der Waals surface area contributed by atoms with Crippen LogP contribution in [0, 0.1) is 11.6 Å². The Bertz CT molecular complexity index is 635. The molecular formula is C17H17F2N. The number of benzene rings is 2. The summed E-state index contributed by atoms with van der Waals surface area (Å²) < 4.78 is 27.7. The van der Waals surface area contributed by atoms with Crippen LogP contribution in [0.15, 0.2) is 36.4 Å². The molecule has 3 heteroatoms. The Kier molecular flexibility index (Phi) is 3.53. The van der Waals surface area contributed by atoms with Gasteiger partial charge in [0.15, 0.2) is 0 Å². The van der Waals surface area contributed by atoms with Crippen LogP contribution in [0.5, 0.6) is 0 Å². The molecule has 1 unspecified atom stereocenters. The van der Waals surface area contributed by atoms with Gasteiger partial charge in [-0.25, -0.2) is 8.78 Å². The molecule has 0 spiro atoms. The molecule has 20 heavy (non-hydrogen) atoms. The molecule has 1 aliphatic carbocycles. The third-order valence-corrected chi connectivity index (χ3v) is 4.11. The minimum absolute atomic E-state index is 0.0149. The first-order chi connectivity index (χ1) is 9.70. The largest absolute Gasteiger partial charge is 0.330 e. The van der Waals surface area contributed by atoms with Gasteiger partial charge >= 0.3 is 0 Å². The molecule has 1 aliphatic rings. The van der Waals surface area contributed by atoms with Crippen molar-refractivity contribution < 1.29 is 8.78 Å². The standard InChI is InChI=1S/C17H17F2N/c18-12-6-4-11-5-7-15-13(2-1-3-17(15)19)14(8-9-20)16(11)10-12/h1-4,6,10,14H,5,7-9,20H2. The van der Waals surface area contributed by atoms with Gasteiger partial charge in [-0.05, 0) is 66.3 Å².